The van der Waals surface area contributed by atoms with Crippen molar-refractivity contribution in [2.75, 3.05) is 0 Å². The van der Waals surface area contributed by atoms with Crippen LogP contribution in [0.1, 0.15) is 31.4 Å². The predicted octanol–water partition coefficient (Wildman–Crippen LogP) is 23.4. The molecule has 8 aromatic heterocycles. The van der Waals surface area contributed by atoms with E-state index < -0.39 is 0 Å². The van der Waals surface area contributed by atoms with Crippen molar-refractivity contribution in [2.24, 2.45) is 11.8 Å². The second-order valence-corrected chi connectivity index (χ2v) is 26.8. The molecule has 0 saturated heterocycles. The van der Waals surface area contributed by atoms with E-state index in [2.05, 4.69) is 287 Å². The Balaban J connectivity index is 0.599. The largest absolute Gasteiger partial charge is 0.456 e. The van der Waals surface area contributed by atoms with Gasteiger partial charge in [-0.05, 0) is 216 Å². The summed E-state index contributed by atoms with van der Waals surface area (Å²) in [5.74, 6) is 0.849. The molecule has 0 N–H and O–H groups in total. The van der Waals surface area contributed by atoms with Crippen molar-refractivity contribution in [1.29, 1.82) is 0 Å². The van der Waals surface area contributed by atoms with Gasteiger partial charge in [-0.2, -0.15) is 0 Å². The van der Waals surface area contributed by atoms with E-state index in [9.17, 15) is 0 Å². The van der Waals surface area contributed by atoms with E-state index >= 15 is 0 Å². The van der Waals surface area contributed by atoms with E-state index in [1.165, 1.54) is 54.8 Å². The maximum absolute atomic E-state index is 6.59. The Labute approximate surface area is 557 Å². The molecule has 0 radical (unpaired) electrons. The number of aromatic nitrogens is 6. The lowest BCUT2D eigenvalue weighted by molar-refractivity contribution is 0.411. The Kier molecular flexibility index (Phi) is 12.3. The number of fused-ring (bicyclic) bond motifs is 18. The van der Waals surface area contributed by atoms with Crippen LogP contribution in [0.3, 0.4) is 0 Å². The smallest absolute Gasteiger partial charge is 0.135 e. The number of benzene rings is 12. The van der Waals surface area contributed by atoms with Gasteiger partial charge in [-0.3, -0.25) is 9.97 Å². The third-order valence-corrected chi connectivity index (χ3v) is 20.6. The van der Waals surface area contributed by atoms with Gasteiger partial charge < -0.3 is 27.1 Å². The van der Waals surface area contributed by atoms with Crippen molar-refractivity contribution in [2.45, 2.75) is 33.1 Å². The monoisotopic (exact) mass is 1250 g/mol. The second-order valence-electron chi connectivity index (χ2n) is 26.8. The molecule has 97 heavy (non-hydrogen) atoms. The number of rotatable bonds is 12. The van der Waals surface area contributed by atoms with Crippen LogP contribution >= 0.6 is 0 Å². The van der Waals surface area contributed by atoms with Gasteiger partial charge in [-0.1, -0.05) is 141 Å². The van der Waals surface area contributed by atoms with Gasteiger partial charge in [-0.25, -0.2) is 0 Å². The van der Waals surface area contributed by atoms with Gasteiger partial charge in [0.05, 0.1) is 55.2 Å². The number of nitrogens with zero attached hydrogens (tertiary/aromatic N) is 6. The summed E-state index contributed by atoms with van der Waals surface area (Å²) in [7, 11) is 0. The standard InChI is InChI=1S/C89H62N6O2/c1-54(42-55(2)44-57-45-64(94-78-25-10-5-21-69(78)88-82(94)27-14-40-90-88)53-65(46-57)95-79-26-11-6-22-70(79)89-83(95)28-15-41-91-89)43-56-30-37-85-73(47-56)75-51-61(34-39-87(75)97-85)59-32-36-81-72(49-59)67-19-4-9-24-77(67)93(81)63-17-13-16-62(52-63)92-76-23-8-3-18-66(76)71-48-58(31-35-80(71)92)60-33-38-86-74(50-60)68-20-7-12-29-84(68)96-86/h3-41,45-55H,42-44H2,1-2H3. The molecular weight excluding hydrogens is 1190 g/mol. The number of para-hydroxylation sites is 5. The molecule has 12 aromatic carbocycles. The molecule has 0 amide bonds. The van der Waals surface area contributed by atoms with Crippen LogP contribution in [0.2, 0.25) is 0 Å². The van der Waals surface area contributed by atoms with E-state index in [4.69, 9.17) is 18.8 Å². The highest BCUT2D eigenvalue weighted by atomic mass is 16.3. The molecule has 460 valence electrons. The van der Waals surface area contributed by atoms with Crippen LogP contribution in [-0.2, 0) is 12.8 Å². The molecule has 2 unspecified atom stereocenters. The first-order valence-electron chi connectivity index (χ1n) is 33.7. The van der Waals surface area contributed by atoms with E-state index in [0.29, 0.717) is 11.8 Å². The van der Waals surface area contributed by atoms with E-state index in [1.54, 1.807) is 0 Å². The van der Waals surface area contributed by atoms with Crippen molar-refractivity contribution in [3.8, 4) is 45.0 Å². The molecule has 0 aliphatic carbocycles. The highest BCUT2D eigenvalue weighted by molar-refractivity contribution is 6.14. The maximum atomic E-state index is 6.59. The molecule has 20 aromatic rings. The fourth-order valence-electron chi connectivity index (χ4n) is 16.5. The van der Waals surface area contributed by atoms with Crippen molar-refractivity contribution in [3.63, 3.8) is 0 Å². The summed E-state index contributed by atoms with van der Waals surface area (Å²) in [6.07, 6.45) is 6.77. The minimum absolute atomic E-state index is 0.412. The van der Waals surface area contributed by atoms with Crippen LogP contribution in [0.25, 0.3) is 176 Å². The van der Waals surface area contributed by atoms with Crippen molar-refractivity contribution < 1.29 is 8.83 Å². The number of furan rings is 2. The van der Waals surface area contributed by atoms with Gasteiger partial charge in [0.1, 0.15) is 22.3 Å². The van der Waals surface area contributed by atoms with Crippen LogP contribution in [0.15, 0.2) is 300 Å². The summed E-state index contributed by atoms with van der Waals surface area (Å²) in [5, 5.41) is 11.7. The van der Waals surface area contributed by atoms with E-state index in [0.717, 1.165) is 152 Å². The average Bonchev–Trinajstić information content (AvgIpc) is 1.61. The van der Waals surface area contributed by atoms with E-state index in [-0.39, 0.29) is 0 Å². The van der Waals surface area contributed by atoms with E-state index in [1.807, 2.05) is 36.7 Å². The van der Waals surface area contributed by atoms with Crippen molar-refractivity contribution >= 4 is 131 Å². The second kappa shape index (κ2) is 21.6. The first-order chi connectivity index (χ1) is 47.9. The molecule has 0 aliphatic rings. The summed E-state index contributed by atoms with van der Waals surface area (Å²) in [5.41, 5.74) is 26.5. The Hall–Kier alpha value is -12.3. The minimum atomic E-state index is 0.412. The molecule has 0 fully saturated rings. The quantitative estimate of drug-likeness (QED) is 0.122. The zero-order chi connectivity index (χ0) is 64.0. The zero-order valence-corrected chi connectivity index (χ0v) is 53.5. The molecule has 8 heteroatoms. The molecule has 0 bridgehead atoms. The lowest BCUT2D eigenvalue weighted by atomic mass is 9.88. The zero-order valence-electron chi connectivity index (χ0n) is 53.5. The van der Waals surface area contributed by atoms with Crippen LogP contribution in [0.5, 0.6) is 0 Å². The molecule has 0 spiro atoms. The first kappa shape index (κ1) is 55.2. The Morgan fingerprint density at radius 1 is 0.268 bits per heavy atom. The van der Waals surface area contributed by atoms with Crippen LogP contribution < -0.4 is 0 Å². The summed E-state index contributed by atoms with van der Waals surface area (Å²) >= 11 is 0. The normalized spacial score (nSPS) is 12.9. The van der Waals surface area contributed by atoms with Gasteiger partial charge in [-0.15, -0.1) is 0 Å². The fraction of sp³-hybridized carbons (Fsp3) is 0.0787. The SMILES string of the molecule is CC(Cc1cc(-n2c3ccccc3c3ncccc32)cc(-n2c3ccccc3c3ncccc32)c1)CC(C)Cc1ccc2oc3ccc(-c4ccc5c(c4)c4ccccc4n5-c4cccc(-n5c6ccccc6c6cc(-c7ccc8oc9ccccc9c8c7)ccc65)c4)cc3c2c1. The molecule has 20 rings (SSSR count). The minimum Gasteiger partial charge on any atom is -0.456 e. The fourth-order valence-corrected chi connectivity index (χ4v) is 16.5. The van der Waals surface area contributed by atoms with Gasteiger partial charge in [0.15, 0.2) is 0 Å². The predicted molar refractivity (Wildman–Crippen MR) is 402 cm³/mol. The topological polar surface area (TPSA) is 71.8 Å². The lowest BCUT2D eigenvalue weighted by Crippen LogP contribution is -2.09. The Morgan fingerprint density at radius 2 is 0.639 bits per heavy atom. The third kappa shape index (κ3) is 8.83. The molecule has 8 heterocycles. The van der Waals surface area contributed by atoms with Crippen molar-refractivity contribution in [3.05, 3.63) is 303 Å². The van der Waals surface area contributed by atoms with Crippen molar-refractivity contribution in [1.82, 2.24) is 28.2 Å². The molecule has 2 atom stereocenters. The van der Waals surface area contributed by atoms with Gasteiger partial charge >= 0.3 is 0 Å². The number of hydrogen-bond donors (Lipinski definition) is 0. The summed E-state index contributed by atoms with van der Waals surface area (Å²) in [6.45, 7) is 4.84. The molecular formula is C89H62N6O2. The number of hydrogen-bond acceptors (Lipinski definition) is 4. The summed E-state index contributed by atoms with van der Waals surface area (Å²) < 4.78 is 22.5. The molecule has 8 nitrogen and oxygen atoms in total. The average molecular weight is 1250 g/mol. The third-order valence-electron chi connectivity index (χ3n) is 20.6. The van der Waals surface area contributed by atoms with Gasteiger partial charge in [0.2, 0.25) is 0 Å². The summed E-state index contributed by atoms with van der Waals surface area (Å²) in [4.78, 5) is 9.81. The van der Waals surface area contributed by atoms with Crippen LogP contribution in [0.4, 0.5) is 0 Å². The molecule has 0 aliphatic heterocycles. The highest BCUT2D eigenvalue weighted by Gasteiger charge is 2.23. The van der Waals surface area contributed by atoms with Gasteiger partial charge in [0, 0.05) is 89.0 Å². The van der Waals surface area contributed by atoms with Crippen LogP contribution in [0, 0.1) is 11.8 Å². The summed E-state index contributed by atoms with van der Waals surface area (Å²) in [6, 6.07) is 102. The number of pyridine rings is 2. The first-order valence-corrected chi connectivity index (χ1v) is 33.7. The van der Waals surface area contributed by atoms with Gasteiger partial charge in [0.25, 0.3) is 0 Å². The molecule has 0 saturated carbocycles. The highest BCUT2D eigenvalue weighted by Crippen LogP contribution is 2.43. The maximum Gasteiger partial charge on any atom is 0.135 e. The Morgan fingerprint density at radius 3 is 1.18 bits per heavy atom. The van der Waals surface area contributed by atoms with Crippen LogP contribution in [-0.4, -0.2) is 28.2 Å². The Bertz CT molecular complexity index is 6380. The lowest BCUT2D eigenvalue weighted by Gasteiger charge is -2.20.